The minimum atomic E-state index is -3.24. The molecule has 1 aromatic rings. The highest BCUT2D eigenvalue weighted by molar-refractivity contribution is 8.00. The van der Waals surface area contributed by atoms with E-state index in [2.05, 4.69) is 0 Å². The van der Waals surface area contributed by atoms with Crippen LogP contribution >= 0.6 is 11.8 Å². The summed E-state index contributed by atoms with van der Waals surface area (Å²) >= 11 is 1.51. The van der Waals surface area contributed by atoms with Crippen LogP contribution in [0.5, 0.6) is 0 Å². The van der Waals surface area contributed by atoms with Gasteiger partial charge in [0, 0.05) is 29.4 Å². The van der Waals surface area contributed by atoms with Gasteiger partial charge in [-0.1, -0.05) is 26.8 Å². The summed E-state index contributed by atoms with van der Waals surface area (Å²) in [7, 11) is -1.58. The summed E-state index contributed by atoms with van der Waals surface area (Å²) in [6.07, 6.45) is 0. The fraction of sp³-hybridized carbons (Fsp3) is 0.600. The Kier molecular flexibility index (Phi) is 6.13. The van der Waals surface area contributed by atoms with Crippen LogP contribution in [0, 0.1) is 5.41 Å². The molecule has 0 aliphatic rings. The summed E-state index contributed by atoms with van der Waals surface area (Å²) in [5, 5.41) is 0. The average Bonchev–Trinajstić information content (AvgIpc) is 2.35. The predicted octanol–water partition coefficient (Wildman–Crippen LogP) is 3.06. The molecule has 21 heavy (non-hydrogen) atoms. The van der Waals surface area contributed by atoms with Crippen LogP contribution in [0.2, 0.25) is 0 Å². The number of nitrogens with zero attached hydrogens (tertiary/aromatic N) is 1. The van der Waals surface area contributed by atoms with E-state index in [4.69, 9.17) is 5.73 Å². The summed E-state index contributed by atoms with van der Waals surface area (Å²) in [4.78, 5) is 0.997. The molecule has 0 radical (unpaired) electrons. The van der Waals surface area contributed by atoms with Gasteiger partial charge in [0.25, 0.3) is 0 Å². The molecule has 4 nitrogen and oxygen atoms in total. The molecular formula is C15H26N2O2S2. The van der Waals surface area contributed by atoms with E-state index in [0.29, 0.717) is 11.4 Å². The van der Waals surface area contributed by atoms with Crippen molar-refractivity contribution in [3.8, 4) is 0 Å². The van der Waals surface area contributed by atoms with Crippen LogP contribution in [0.1, 0.15) is 27.7 Å². The number of rotatable bonds is 6. The zero-order chi connectivity index (χ0) is 16.3. The van der Waals surface area contributed by atoms with Crippen molar-refractivity contribution in [3.05, 3.63) is 24.3 Å². The summed E-state index contributed by atoms with van der Waals surface area (Å²) in [5.74, 6) is 0.649. The molecule has 0 aliphatic carbocycles. The predicted molar refractivity (Wildman–Crippen MR) is 92.0 cm³/mol. The zero-order valence-corrected chi connectivity index (χ0v) is 15.1. The van der Waals surface area contributed by atoms with Crippen molar-refractivity contribution >= 4 is 27.5 Å². The van der Waals surface area contributed by atoms with Crippen LogP contribution in [0.15, 0.2) is 29.2 Å². The highest BCUT2D eigenvalue weighted by Gasteiger charge is 2.30. The molecule has 0 fully saturated rings. The number of hydrogen-bond acceptors (Lipinski definition) is 4. The maximum Gasteiger partial charge on any atom is 0.214 e. The quantitative estimate of drug-likeness (QED) is 0.643. The van der Waals surface area contributed by atoms with E-state index in [0.717, 1.165) is 4.90 Å². The lowest BCUT2D eigenvalue weighted by Crippen LogP contribution is -2.44. The van der Waals surface area contributed by atoms with Crippen LogP contribution in [0.4, 0.5) is 5.69 Å². The molecule has 0 heterocycles. The molecule has 1 rings (SSSR count). The first kappa shape index (κ1) is 18.3. The highest BCUT2D eigenvalue weighted by atomic mass is 32.2. The summed E-state index contributed by atoms with van der Waals surface area (Å²) < 4.78 is 26.2. The summed E-state index contributed by atoms with van der Waals surface area (Å²) in [6, 6.07) is 7.45. The van der Waals surface area contributed by atoms with Gasteiger partial charge in [0.05, 0.1) is 5.75 Å². The monoisotopic (exact) mass is 330 g/mol. The Labute approximate surface area is 133 Å². The fourth-order valence-corrected chi connectivity index (χ4v) is 4.69. The normalized spacial score (nSPS) is 14.4. The van der Waals surface area contributed by atoms with Gasteiger partial charge in [0.15, 0.2) is 0 Å². The van der Waals surface area contributed by atoms with Crippen molar-refractivity contribution in [1.82, 2.24) is 4.31 Å². The molecule has 0 amide bonds. The molecule has 1 unspecified atom stereocenters. The van der Waals surface area contributed by atoms with Crippen molar-refractivity contribution in [2.45, 2.75) is 38.6 Å². The van der Waals surface area contributed by atoms with E-state index >= 15 is 0 Å². The minimum Gasteiger partial charge on any atom is -0.399 e. The maximum atomic E-state index is 12.4. The zero-order valence-electron chi connectivity index (χ0n) is 13.5. The van der Waals surface area contributed by atoms with Crippen molar-refractivity contribution < 1.29 is 8.42 Å². The third-order valence-electron chi connectivity index (χ3n) is 3.71. The van der Waals surface area contributed by atoms with E-state index in [1.165, 1.54) is 16.1 Å². The Balaban J connectivity index is 2.61. The second kappa shape index (κ2) is 7.03. The lowest BCUT2D eigenvalue weighted by molar-refractivity contribution is 0.217. The second-order valence-corrected chi connectivity index (χ2v) is 9.61. The number of sulfonamides is 1. The van der Waals surface area contributed by atoms with Gasteiger partial charge in [-0.3, -0.25) is 0 Å². The molecule has 0 spiro atoms. The van der Waals surface area contributed by atoms with Gasteiger partial charge in [0.2, 0.25) is 10.0 Å². The van der Waals surface area contributed by atoms with Crippen LogP contribution in [-0.2, 0) is 10.0 Å². The molecule has 1 atom stereocenters. The number of thioether (sulfide) groups is 1. The highest BCUT2D eigenvalue weighted by Crippen LogP contribution is 2.26. The van der Waals surface area contributed by atoms with Crippen molar-refractivity contribution in [2.75, 3.05) is 24.3 Å². The smallest absolute Gasteiger partial charge is 0.214 e. The van der Waals surface area contributed by atoms with E-state index in [9.17, 15) is 8.42 Å². The number of nitrogens with two attached hydrogens (primary N) is 1. The van der Waals surface area contributed by atoms with E-state index in [1.807, 2.05) is 52.0 Å². The first-order valence-electron chi connectivity index (χ1n) is 6.98. The summed E-state index contributed by atoms with van der Waals surface area (Å²) in [5.41, 5.74) is 6.33. The Morgan fingerprint density at radius 3 is 2.48 bits per heavy atom. The fourth-order valence-electron chi connectivity index (χ4n) is 1.80. The largest absolute Gasteiger partial charge is 0.399 e. The topological polar surface area (TPSA) is 63.4 Å². The number of nitrogen functional groups attached to an aromatic ring is 1. The number of hydrogen-bond donors (Lipinski definition) is 1. The lowest BCUT2D eigenvalue weighted by atomic mass is 9.88. The van der Waals surface area contributed by atoms with Gasteiger partial charge < -0.3 is 5.73 Å². The average molecular weight is 331 g/mol. The molecule has 6 heteroatoms. The summed E-state index contributed by atoms with van der Waals surface area (Å²) in [6.45, 7) is 8.09. The van der Waals surface area contributed by atoms with Crippen molar-refractivity contribution in [1.29, 1.82) is 0 Å². The molecular weight excluding hydrogens is 304 g/mol. The van der Waals surface area contributed by atoms with Crippen LogP contribution in [0.25, 0.3) is 0 Å². The van der Waals surface area contributed by atoms with Crippen molar-refractivity contribution in [3.63, 3.8) is 0 Å². The standard InChI is InChI=1S/C15H26N2O2S2/c1-12(15(2,3)4)17(5)21(18,19)10-9-20-14-8-6-7-13(16)11-14/h6-8,11-12H,9-10,16H2,1-5H3. The van der Waals surface area contributed by atoms with Crippen LogP contribution < -0.4 is 5.73 Å². The van der Waals surface area contributed by atoms with Crippen LogP contribution in [0.3, 0.4) is 0 Å². The molecule has 0 saturated carbocycles. The minimum absolute atomic E-state index is 0.0418. The van der Waals surface area contributed by atoms with Gasteiger partial charge in [-0.25, -0.2) is 12.7 Å². The molecule has 120 valence electrons. The van der Waals surface area contributed by atoms with Crippen molar-refractivity contribution in [2.24, 2.45) is 5.41 Å². The van der Waals surface area contributed by atoms with Gasteiger partial charge in [-0.2, -0.15) is 0 Å². The third-order valence-corrected chi connectivity index (χ3v) is 6.87. The van der Waals surface area contributed by atoms with Gasteiger partial charge >= 0.3 is 0 Å². The maximum absolute atomic E-state index is 12.4. The van der Waals surface area contributed by atoms with E-state index < -0.39 is 10.0 Å². The molecule has 0 bridgehead atoms. The van der Waals surface area contributed by atoms with Gasteiger partial charge in [-0.15, -0.1) is 11.8 Å². The number of anilines is 1. The Bertz CT molecular complexity index is 565. The first-order chi connectivity index (χ1) is 9.54. The second-order valence-electron chi connectivity index (χ2n) is 6.30. The van der Waals surface area contributed by atoms with Crippen LogP contribution in [-0.4, -0.2) is 37.3 Å². The SMILES string of the molecule is CC(N(C)S(=O)(=O)CCSc1cccc(N)c1)C(C)(C)C. The lowest BCUT2D eigenvalue weighted by Gasteiger charge is -2.34. The molecule has 2 N–H and O–H groups in total. The van der Waals surface area contributed by atoms with E-state index in [1.54, 1.807) is 7.05 Å². The first-order valence-corrected chi connectivity index (χ1v) is 9.57. The Morgan fingerprint density at radius 1 is 1.33 bits per heavy atom. The Hall–Kier alpha value is -0.720. The molecule has 0 aliphatic heterocycles. The molecule has 0 aromatic heterocycles. The van der Waals surface area contributed by atoms with Gasteiger partial charge in [-0.05, 0) is 30.5 Å². The Morgan fingerprint density at radius 2 is 1.95 bits per heavy atom. The van der Waals surface area contributed by atoms with E-state index in [-0.39, 0.29) is 17.2 Å². The number of benzene rings is 1. The third kappa shape index (κ3) is 5.52. The molecule has 1 aromatic carbocycles. The molecule has 0 saturated heterocycles. The van der Waals surface area contributed by atoms with Gasteiger partial charge in [0.1, 0.15) is 0 Å².